The first-order chi connectivity index (χ1) is 5.89. The molecular weight excluding hydrogens is 187 g/mol. The van der Waals surface area contributed by atoms with Gasteiger partial charge in [-0.05, 0) is 13.0 Å². The summed E-state index contributed by atoms with van der Waals surface area (Å²) >= 11 is 0. The minimum atomic E-state index is -4.72. The van der Waals surface area contributed by atoms with Crippen molar-refractivity contribution < 1.29 is 22.7 Å². The van der Waals surface area contributed by atoms with Gasteiger partial charge in [0.1, 0.15) is 5.57 Å². The van der Waals surface area contributed by atoms with Gasteiger partial charge in [0.25, 0.3) is 0 Å². The minimum Gasteiger partial charge on any atom is -0.462 e. The number of alkyl halides is 3. The van der Waals surface area contributed by atoms with Crippen molar-refractivity contribution in [3.05, 3.63) is 12.2 Å². The summed E-state index contributed by atoms with van der Waals surface area (Å²) in [7, 11) is 0. The third-order valence-corrected chi connectivity index (χ3v) is 1.17. The second kappa shape index (κ2) is 4.86. The molecule has 0 aliphatic heterocycles. The first kappa shape index (κ1) is 12.0. The molecule has 0 radical (unpaired) electrons. The van der Waals surface area contributed by atoms with Crippen LogP contribution in [0.15, 0.2) is 12.2 Å². The highest BCUT2D eigenvalue weighted by Crippen LogP contribution is 2.24. The van der Waals surface area contributed by atoms with Gasteiger partial charge >= 0.3 is 12.1 Å². The molecule has 76 valence electrons. The minimum absolute atomic E-state index is 0.121. The zero-order valence-electron chi connectivity index (χ0n) is 6.86. The van der Waals surface area contributed by atoms with E-state index in [0.29, 0.717) is 6.42 Å². The highest BCUT2D eigenvalue weighted by atomic mass is 19.4. The summed E-state index contributed by atoms with van der Waals surface area (Å²) in [4.78, 5) is 10.6. The van der Waals surface area contributed by atoms with Gasteiger partial charge in [-0.15, -0.1) is 0 Å². The average Bonchev–Trinajstić information content (AvgIpc) is 2.01. The zero-order chi connectivity index (χ0) is 10.5. The molecule has 2 N–H and O–H groups in total. The summed E-state index contributed by atoms with van der Waals surface area (Å²) in [6.07, 6.45) is -4.39. The third kappa shape index (κ3) is 4.51. The van der Waals surface area contributed by atoms with Crippen molar-refractivity contribution in [3.63, 3.8) is 0 Å². The van der Waals surface area contributed by atoms with Gasteiger partial charge in [-0.3, -0.25) is 0 Å². The van der Waals surface area contributed by atoms with Crippen LogP contribution < -0.4 is 5.73 Å². The number of halogens is 3. The van der Waals surface area contributed by atoms with Crippen molar-refractivity contribution >= 4 is 5.97 Å². The quantitative estimate of drug-likeness (QED) is 0.415. The molecule has 0 bridgehead atoms. The maximum Gasteiger partial charge on any atom is 0.422 e. The molecule has 0 spiro atoms. The molecule has 0 rings (SSSR count). The molecular formula is C7H10F3NO2. The number of hydrogen-bond donors (Lipinski definition) is 1. The molecule has 0 aromatic carbocycles. The summed E-state index contributed by atoms with van der Waals surface area (Å²) in [6.45, 7) is 2.71. The van der Waals surface area contributed by atoms with Gasteiger partial charge in [-0.2, -0.15) is 13.2 Å². The van der Waals surface area contributed by atoms with E-state index in [1.807, 2.05) is 0 Å². The topological polar surface area (TPSA) is 52.3 Å². The second-order valence-electron chi connectivity index (χ2n) is 2.25. The maximum atomic E-state index is 11.8. The fourth-order valence-corrected chi connectivity index (χ4v) is 0.451. The van der Waals surface area contributed by atoms with Gasteiger partial charge in [0.15, 0.2) is 0 Å². The van der Waals surface area contributed by atoms with Gasteiger partial charge in [0.2, 0.25) is 0 Å². The van der Waals surface area contributed by atoms with Gasteiger partial charge in [-0.1, -0.05) is 6.58 Å². The molecule has 0 aliphatic carbocycles. The molecule has 0 fully saturated rings. The number of esters is 1. The van der Waals surface area contributed by atoms with Crippen LogP contribution in [0.3, 0.4) is 0 Å². The lowest BCUT2D eigenvalue weighted by atomic mass is 10.3. The van der Waals surface area contributed by atoms with Crippen LogP contribution in [0.25, 0.3) is 0 Å². The van der Waals surface area contributed by atoms with E-state index in [4.69, 9.17) is 5.73 Å². The van der Waals surface area contributed by atoms with Crippen LogP contribution in [0.4, 0.5) is 13.2 Å². The van der Waals surface area contributed by atoms with Crippen LogP contribution in [0, 0.1) is 0 Å². The molecule has 6 heteroatoms. The van der Waals surface area contributed by atoms with Crippen molar-refractivity contribution in [2.24, 2.45) is 5.73 Å². The Kier molecular flexibility index (Phi) is 4.47. The van der Waals surface area contributed by atoms with Crippen LogP contribution in [0.5, 0.6) is 0 Å². The summed E-state index contributed by atoms with van der Waals surface area (Å²) in [5.41, 5.74) is 3.54. The molecule has 13 heavy (non-hydrogen) atoms. The normalized spacial score (nSPS) is 11.1. The van der Waals surface area contributed by atoms with Crippen LogP contribution in [0.2, 0.25) is 0 Å². The van der Waals surface area contributed by atoms with Crippen molar-refractivity contribution in [2.45, 2.75) is 12.6 Å². The highest BCUT2D eigenvalue weighted by Gasteiger charge is 2.37. The van der Waals surface area contributed by atoms with Crippen LogP contribution in [-0.4, -0.2) is 25.3 Å². The van der Waals surface area contributed by atoms with Crippen molar-refractivity contribution in [1.82, 2.24) is 0 Å². The molecule has 0 aromatic rings. The van der Waals surface area contributed by atoms with Gasteiger partial charge in [0, 0.05) is 0 Å². The SMILES string of the molecule is C=C(C(=O)OCCCN)C(F)(F)F. The van der Waals surface area contributed by atoms with Crippen LogP contribution in [-0.2, 0) is 9.53 Å². The number of hydrogen-bond acceptors (Lipinski definition) is 3. The maximum absolute atomic E-state index is 11.8. The van der Waals surface area contributed by atoms with E-state index < -0.39 is 17.7 Å². The number of rotatable bonds is 4. The van der Waals surface area contributed by atoms with E-state index in [0.717, 1.165) is 0 Å². The second-order valence-corrected chi connectivity index (χ2v) is 2.25. The molecule has 0 atom stereocenters. The Labute approximate surface area is 73.4 Å². The molecule has 0 amide bonds. The molecule has 3 nitrogen and oxygen atoms in total. The predicted molar refractivity (Wildman–Crippen MR) is 39.8 cm³/mol. The van der Waals surface area contributed by atoms with Crippen LogP contribution >= 0.6 is 0 Å². The lowest BCUT2D eigenvalue weighted by Crippen LogP contribution is -2.21. The van der Waals surface area contributed by atoms with E-state index in [2.05, 4.69) is 11.3 Å². The molecule has 0 aliphatic rings. The van der Waals surface area contributed by atoms with E-state index in [1.54, 1.807) is 0 Å². The molecule has 0 aromatic heterocycles. The average molecular weight is 197 g/mol. The summed E-state index contributed by atoms with van der Waals surface area (Å²) in [5.74, 6) is -1.44. The summed E-state index contributed by atoms with van der Waals surface area (Å²) in [5, 5.41) is 0. The van der Waals surface area contributed by atoms with Crippen molar-refractivity contribution in [2.75, 3.05) is 13.2 Å². The Hall–Kier alpha value is -1.04. The van der Waals surface area contributed by atoms with E-state index in [1.165, 1.54) is 0 Å². The standard InChI is InChI=1S/C7H10F3NO2/c1-5(7(8,9)10)6(12)13-4-2-3-11/h1-4,11H2. The highest BCUT2D eigenvalue weighted by molar-refractivity contribution is 5.89. The smallest absolute Gasteiger partial charge is 0.422 e. The van der Waals surface area contributed by atoms with Gasteiger partial charge < -0.3 is 10.5 Å². The van der Waals surface area contributed by atoms with Crippen LogP contribution in [0.1, 0.15) is 6.42 Å². The molecule has 0 unspecified atom stereocenters. The number of carbonyl (C=O) groups excluding carboxylic acids is 1. The first-order valence-corrected chi connectivity index (χ1v) is 3.53. The van der Waals surface area contributed by atoms with Crippen molar-refractivity contribution in [3.8, 4) is 0 Å². The molecule has 0 saturated carbocycles. The Bertz CT molecular complexity index is 200. The Morgan fingerprint density at radius 3 is 2.38 bits per heavy atom. The Morgan fingerprint density at radius 1 is 1.46 bits per heavy atom. The lowest BCUT2D eigenvalue weighted by Gasteiger charge is -2.08. The number of nitrogens with two attached hydrogens (primary N) is 1. The third-order valence-electron chi connectivity index (χ3n) is 1.17. The number of carbonyl (C=O) groups is 1. The zero-order valence-corrected chi connectivity index (χ0v) is 6.86. The van der Waals surface area contributed by atoms with Gasteiger partial charge in [-0.25, -0.2) is 4.79 Å². The first-order valence-electron chi connectivity index (χ1n) is 3.53. The molecule has 0 saturated heterocycles. The summed E-state index contributed by atoms with van der Waals surface area (Å²) < 4.78 is 39.6. The van der Waals surface area contributed by atoms with E-state index >= 15 is 0 Å². The number of ether oxygens (including phenoxy) is 1. The Balaban J connectivity index is 3.92. The van der Waals surface area contributed by atoms with Gasteiger partial charge in [0.05, 0.1) is 6.61 Å². The molecule has 0 heterocycles. The van der Waals surface area contributed by atoms with E-state index in [-0.39, 0.29) is 13.2 Å². The Morgan fingerprint density at radius 2 is 2.00 bits per heavy atom. The fourth-order valence-electron chi connectivity index (χ4n) is 0.451. The van der Waals surface area contributed by atoms with Crippen molar-refractivity contribution in [1.29, 1.82) is 0 Å². The summed E-state index contributed by atoms with van der Waals surface area (Å²) in [6, 6.07) is 0. The monoisotopic (exact) mass is 197 g/mol. The lowest BCUT2D eigenvalue weighted by molar-refractivity contribution is -0.150. The fraction of sp³-hybridized carbons (Fsp3) is 0.571. The predicted octanol–water partition coefficient (Wildman–Crippen LogP) is 0.997. The van der Waals surface area contributed by atoms with E-state index in [9.17, 15) is 18.0 Å². The largest absolute Gasteiger partial charge is 0.462 e.